The molecule has 0 saturated carbocycles. The fourth-order valence-corrected chi connectivity index (χ4v) is 1.34. The summed E-state index contributed by atoms with van der Waals surface area (Å²) in [5, 5.41) is 18.0. The van der Waals surface area contributed by atoms with Crippen molar-refractivity contribution in [3.05, 3.63) is 0 Å². The van der Waals surface area contributed by atoms with Crippen molar-refractivity contribution in [2.24, 2.45) is 5.92 Å². The number of aliphatic hydroxyl groups is 1. The first-order chi connectivity index (χ1) is 6.22. The Bertz CT molecular complexity index is 151. The summed E-state index contributed by atoms with van der Waals surface area (Å²) in [6.07, 6.45) is 5.80. The van der Waals surface area contributed by atoms with Gasteiger partial charge in [-0.15, -0.1) is 0 Å². The van der Waals surface area contributed by atoms with Gasteiger partial charge in [0.25, 0.3) is 0 Å². The van der Waals surface area contributed by atoms with Crippen LogP contribution in [0.1, 0.15) is 52.4 Å². The molecule has 2 heteroatoms. The van der Waals surface area contributed by atoms with Crippen LogP contribution in [0.25, 0.3) is 0 Å². The Morgan fingerprint density at radius 1 is 1.31 bits per heavy atom. The van der Waals surface area contributed by atoms with E-state index in [-0.39, 0.29) is 12.0 Å². The van der Waals surface area contributed by atoms with E-state index in [1.807, 2.05) is 6.92 Å². The van der Waals surface area contributed by atoms with Crippen molar-refractivity contribution in [1.29, 1.82) is 5.26 Å². The van der Waals surface area contributed by atoms with Crippen molar-refractivity contribution in [3.8, 4) is 6.07 Å². The molecule has 0 bridgehead atoms. The van der Waals surface area contributed by atoms with Crippen LogP contribution in [0.3, 0.4) is 0 Å². The average Bonchev–Trinajstić information content (AvgIpc) is 2.12. The second-order valence-corrected chi connectivity index (χ2v) is 3.76. The van der Waals surface area contributed by atoms with Gasteiger partial charge in [0.15, 0.2) is 0 Å². The van der Waals surface area contributed by atoms with Gasteiger partial charge in [-0.25, -0.2) is 0 Å². The molecule has 0 aromatic heterocycles. The first kappa shape index (κ1) is 12.4. The predicted molar refractivity (Wildman–Crippen MR) is 54.2 cm³/mol. The minimum atomic E-state index is -0.281. The van der Waals surface area contributed by atoms with Gasteiger partial charge in [0.1, 0.15) is 0 Å². The van der Waals surface area contributed by atoms with Crippen LogP contribution in [-0.2, 0) is 0 Å². The first-order valence-electron chi connectivity index (χ1n) is 5.27. The van der Waals surface area contributed by atoms with Gasteiger partial charge in [0, 0.05) is 6.42 Å². The summed E-state index contributed by atoms with van der Waals surface area (Å²) in [4.78, 5) is 0. The molecule has 2 nitrogen and oxygen atoms in total. The molecule has 0 aliphatic heterocycles. The van der Waals surface area contributed by atoms with Crippen LogP contribution in [0.15, 0.2) is 0 Å². The lowest BCUT2D eigenvalue weighted by Gasteiger charge is -2.15. The van der Waals surface area contributed by atoms with Crippen LogP contribution < -0.4 is 0 Å². The zero-order valence-electron chi connectivity index (χ0n) is 8.79. The smallest absolute Gasteiger partial charge is 0.0625 e. The molecule has 1 N–H and O–H groups in total. The van der Waals surface area contributed by atoms with E-state index in [1.165, 1.54) is 19.3 Å². The summed E-state index contributed by atoms with van der Waals surface area (Å²) in [5.41, 5.74) is 0. The summed E-state index contributed by atoms with van der Waals surface area (Å²) in [7, 11) is 0. The first-order valence-corrected chi connectivity index (χ1v) is 5.27. The van der Waals surface area contributed by atoms with Gasteiger partial charge < -0.3 is 5.11 Å². The van der Waals surface area contributed by atoms with Crippen LogP contribution in [0, 0.1) is 17.2 Å². The van der Waals surface area contributed by atoms with Gasteiger partial charge in [-0.3, -0.25) is 0 Å². The van der Waals surface area contributed by atoms with Crippen molar-refractivity contribution in [1.82, 2.24) is 0 Å². The highest BCUT2D eigenvalue weighted by Gasteiger charge is 2.12. The van der Waals surface area contributed by atoms with Gasteiger partial charge in [0.05, 0.1) is 12.2 Å². The van der Waals surface area contributed by atoms with Crippen molar-refractivity contribution < 1.29 is 5.11 Å². The number of hydrogen-bond donors (Lipinski definition) is 1. The molecule has 0 spiro atoms. The highest BCUT2D eigenvalue weighted by Crippen LogP contribution is 2.14. The third kappa shape index (κ3) is 6.60. The second-order valence-electron chi connectivity index (χ2n) is 3.76. The molecule has 0 amide bonds. The lowest BCUT2D eigenvalue weighted by atomic mass is 9.96. The van der Waals surface area contributed by atoms with Crippen molar-refractivity contribution >= 4 is 0 Å². The van der Waals surface area contributed by atoms with Gasteiger partial charge in [-0.2, -0.15) is 5.26 Å². The largest absolute Gasteiger partial charge is 0.393 e. The van der Waals surface area contributed by atoms with E-state index in [4.69, 9.17) is 5.26 Å². The maximum absolute atomic E-state index is 9.60. The van der Waals surface area contributed by atoms with Crippen LogP contribution in [0.2, 0.25) is 0 Å². The third-order valence-electron chi connectivity index (χ3n) is 2.42. The molecular weight excluding hydrogens is 162 g/mol. The average molecular weight is 183 g/mol. The molecule has 0 saturated heterocycles. The predicted octanol–water partition coefficient (Wildman–Crippen LogP) is 2.87. The van der Waals surface area contributed by atoms with Crippen molar-refractivity contribution in [2.75, 3.05) is 0 Å². The van der Waals surface area contributed by atoms with Gasteiger partial charge in [0.2, 0.25) is 0 Å². The van der Waals surface area contributed by atoms with Gasteiger partial charge in [-0.1, -0.05) is 39.5 Å². The maximum Gasteiger partial charge on any atom is 0.0625 e. The van der Waals surface area contributed by atoms with Gasteiger partial charge >= 0.3 is 0 Å². The third-order valence-corrected chi connectivity index (χ3v) is 2.42. The number of nitrogens with zero attached hydrogens (tertiary/aromatic N) is 1. The van der Waals surface area contributed by atoms with Crippen LogP contribution in [0.5, 0.6) is 0 Å². The van der Waals surface area contributed by atoms with E-state index >= 15 is 0 Å². The quantitative estimate of drug-likeness (QED) is 0.617. The van der Waals surface area contributed by atoms with E-state index in [0.29, 0.717) is 6.42 Å². The molecule has 0 aromatic carbocycles. The molecule has 0 unspecified atom stereocenters. The van der Waals surface area contributed by atoms with E-state index in [9.17, 15) is 5.11 Å². The molecule has 2 atom stereocenters. The molecule has 0 aliphatic rings. The number of rotatable bonds is 7. The molecule has 76 valence electrons. The minimum absolute atomic E-state index is 0.131. The second kappa shape index (κ2) is 8.07. The van der Waals surface area contributed by atoms with Crippen LogP contribution >= 0.6 is 0 Å². The summed E-state index contributed by atoms with van der Waals surface area (Å²) < 4.78 is 0. The molecule has 0 radical (unpaired) electrons. The highest BCUT2D eigenvalue weighted by molar-refractivity contribution is 4.77. The fraction of sp³-hybridized carbons (Fsp3) is 0.909. The molecule has 0 heterocycles. The van der Waals surface area contributed by atoms with E-state index in [1.54, 1.807) is 0 Å². The Morgan fingerprint density at radius 2 is 2.00 bits per heavy atom. The molecule has 0 aliphatic carbocycles. The Hall–Kier alpha value is -0.550. The standard InChI is InChI=1S/C11H21NO/c1-3-4-5-6-7-11(13)10(2)8-9-12/h10-11,13H,3-8H2,1-2H3/t10-,11-/m0/s1. The minimum Gasteiger partial charge on any atom is -0.393 e. The monoisotopic (exact) mass is 183 g/mol. The van der Waals surface area contributed by atoms with E-state index in [2.05, 4.69) is 13.0 Å². The number of unbranched alkanes of at least 4 members (excludes halogenated alkanes) is 3. The molecule has 13 heavy (non-hydrogen) atoms. The Morgan fingerprint density at radius 3 is 2.54 bits per heavy atom. The summed E-state index contributed by atoms with van der Waals surface area (Å²) >= 11 is 0. The highest BCUT2D eigenvalue weighted by atomic mass is 16.3. The number of hydrogen-bond acceptors (Lipinski definition) is 2. The molecule has 0 fully saturated rings. The summed E-state index contributed by atoms with van der Waals surface area (Å²) in [6, 6.07) is 2.09. The lowest BCUT2D eigenvalue weighted by molar-refractivity contribution is 0.106. The van der Waals surface area contributed by atoms with Crippen LogP contribution in [0.4, 0.5) is 0 Å². The Labute approximate surface area is 81.6 Å². The molecule has 0 aromatic rings. The van der Waals surface area contributed by atoms with Crippen molar-refractivity contribution in [2.45, 2.75) is 58.5 Å². The fourth-order valence-electron chi connectivity index (χ4n) is 1.34. The Balaban J connectivity index is 3.39. The number of nitriles is 1. The summed E-state index contributed by atoms with van der Waals surface area (Å²) in [6.45, 7) is 4.11. The van der Waals surface area contributed by atoms with Gasteiger partial charge in [-0.05, 0) is 12.3 Å². The normalized spacial score (nSPS) is 14.9. The maximum atomic E-state index is 9.60. The molecule has 0 rings (SSSR count). The van der Waals surface area contributed by atoms with E-state index < -0.39 is 0 Å². The molecular formula is C11H21NO. The summed E-state index contributed by atoms with van der Waals surface area (Å²) in [5.74, 6) is 0.131. The Kier molecular flexibility index (Phi) is 7.73. The topological polar surface area (TPSA) is 44.0 Å². The van der Waals surface area contributed by atoms with Crippen LogP contribution in [-0.4, -0.2) is 11.2 Å². The number of aliphatic hydroxyl groups excluding tert-OH is 1. The zero-order chi connectivity index (χ0) is 10.1. The lowest BCUT2D eigenvalue weighted by Crippen LogP contribution is -2.16. The van der Waals surface area contributed by atoms with E-state index in [0.717, 1.165) is 12.8 Å². The SMILES string of the molecule is CCCCCC[C@H](O)[C@@H](C)CC#N. The zero-order valence-corrected chi connectivity index (χ0v) is 8.79. The van der Waals surface area contributed by atoms with Crippen molar-refractivity contribution in [3.63, 3.8) is 0 Å².